The Balaban J connectivity index is 1.54. The van der Waals surface area contributed by atoms with Crippen LogP contribution in [0.4, 0.5) is 5.82 Å². The van der Waals surface area contributed by atoms with E-state index in [1.54, 1.807) is 0 Å². The van der Waals surface area contributed by atoms with E-state index in [0.717, 1.165) is 5.56 Å². The van der Waals surface area contributed by atoms with Crippen molar-refractivity contribution in [3.05, 3.63) is 48.5 Å². The highest BCUT2D eigenvalue weighted by Crippen LogP contribution is 2.38. The van der Waals surface area contributed by atoms with Gasteiger partial charge in [-0.05, 0) is 5.56 Å². The quantitative estimate of drug-likeness (QED) is 0.319. The van der Waals surface area contributed by atoms with Gasteiger partial charge in [0, 0.05) is 6.54 Å². The lowest BCUT2D eigenvalue weighted by Crippen LogP contribution is -2.33. The molecule has 3 aromatic rings. The van der Waals surface area contributed by atoms with Crippen molar-refractivity contribution in [2.75, 3.05) is 11.9 Å². The van der Waals surface area contributed by atoms with E-state index in [1.165, 1.54) is 17.2 Å². The molecule has 160 valence electrons. The van der Waals surface area contributed by atoms with Gasteiger partial charge in [0.25, 0.3) is 0 Å². The SMILES string of the molecule is O=P(O)(O)OC[C@@H]1O[C@H](n2cnc3c(NCc4ccccc4)ncnc32)[C@H](O)[C@@H]1O. The summed E-state index contributed by atoms with van der Waals surface area (Å²) in [6.45, 7) is -0.0760. The number of phosphoric acid groups is 1. The molecule has 0 aliphatic carbocycles. The highest BCUT2D eigenvalue weighted by molar-refractivity contribution is 7.46. The fourth-order valence-electron chi connectivity index (χ4n) is 3.22. The predicted octanol–water partition coefficient (Wildman–Crippen LogP) is 0.167. The topological polar surface area (TPSA) is 172 Å². The summed E-state index contributed by atoms with van der Waals surface area (Å²) < 4.78 is 22.3. The smallest absolute Gasteiger partial charge is 0.387 e. The highest BCUT2D eigenvalue weighted by atomic mass is 31.2. The van der Waals surface area contributed by atoms with E-state index < -0.39 is 39.0 Å². The first-order valence-corrected chi connectivity index (χ1v) is 10.5. The normalized spacial score (nSPS) is 24.4. The molecule has 30 heavy (non-hydrogen) atoms. The van der Waals surface area contributed by atoms with Gasteiger partial charge in [0.05, 0.1) is 12.9 Å². The molecule has 4 rings (SSSR count). The first-order valence-electron chi connectivity index (χ1n) is 9.00. The average Bonchev–Trinajstić information content (AvgIpc) is 3.27. The van der Waals surface area contributed by atoms with Gasteiger partial charge in [-0.25, -0.2) is 19.5 Å². The monoisotopic (exact) mass is 437 g/mol. The van der Waals surface area contributed by atoms with E-state index in [-0.39, 0.29) is 0 Å². The second-order valence-corrected chi connectivity index (χ2v) is 7.96. The molecule has 5 N–H and O–H groups in total. The van der Waals surface area contributed by atoms with Crippen molar-refractivity contribution in [3.8, 4) is 0 Å². The standard InChI is InChI=1S/C17H20N5O7P/c23-13-11(7-28-30(25,26)27)29-17(14(13)24)22-9-21-12-15(19-8-20-16(12)22)18-6-10-4-2-1-3-5-10/h1-5,8-9,11,13-14,17,23-24H,6-7H2,(H,18,19,20)(H2,25,26,27)/t11-,13+,14+,17-/m0/s1. The molecule has 12 nitrogen and oxygen atoms in total. The number of ether oxygens (including phenoxy) is 1. The molecule has 0 spiro atoms. The Morgan fingerprint density at radius 3 is 2.63 bits per heavy atom. The molecule has 3 heterocycles. The summed E-state index contributed by atoms with van der Waals surface area (Å²) in [5, 5.41) is 23.7. The minimum absolute atomic E-state index is 0.355. The highest BCUT2D eigenvalue weighted by Gasteiger charge is 2.45. The summed E-state index contributed by atoms with van der Waals surface area (Å²) in [5.74, 6) is 0.483. The van der Waals surface area contributed by atoms with Gasteiger partial charge in [0.15, 0.2) is 23.2 Å². The molecule has 13 heteroatoms. The third-order valence-electron chi connectivity index (χ3n) is 4.68. The molecule has 0 amide bonds. The lowest BCUT2D eigenvalue weighted by atomic mass is 10.1. The van der Waals surface area contributed by atoms with Crippen LogP contribution in [0.5, 0.6) is 0 Å². The van der Waals surface area contributed by atoms with Gasteiger partial charge in [0.2, 0.25) is 0 Å². The summed E-state index contributed by atoms with van der Waals surface area (Å²) in [6, 6.07) is 9.71. The zero-order valence-electron chi connectivity index (χ0n) is 15.5. The predicted molar refractivity (Wildman–Crippen MR) is 103 cm³/mol. The molecule has 2 aromatic heterocycles. The number of aliphatic hydroxyl groups excluding tert-OH is 2. The number of nitrogens with one attached hydrogen (secondary N) is 1. The van der Waals surface area contributed by atoms with Crippen molar-refractivity contribution in [1.29, 1.82) is 0 Å². The molecule has 0 radical (unpaired) electrons. The Morgan fingerprint density at radius 1 is 1.13 bits per heavy atom. The Hall–Kier alpha value is -2.44. The summed E-state index contributed by atoms with van der Waals surface area (Å²) >= 11 is 0. The molecule has 1 aliphatic heterocycles. The Labute approximate surface area is 170 Å². The van der Waals surface area contributed by atoms with Crippen LogP contribution in [0.1, 0.15) is 11.8 Å². The molecule has 0 bridgehead atoms. The number of aromatic nitrogens is 4. The van der Waals surface area contributed by atoms with E-state index in [0.29, 0.717) is 23.5 Å². The molecule has 1 fully saturated rings. The fraction of sp³-hybridized carbons (Fsp3) is 0.353. The number of aliphatic hydroxyl groups is 2. The van der Waals surface area contributed by atoms with E-state index in [9.17, 15) is 14.8 Å². The van der Waals surface area contributed by atoms with Gasteiger partial charge in [-0.3, -0.25) is 9.09 Å². The number of benzene rings is 1. The van der Waals surface area contributed by atoms with Gasteiger partial charge in [0.1, 0.15) is 24.6 Å². The largest absolute Gasteiger partial charge is 0.469 e. The Bertz CT molecular complexity index is 1060. The van der Waals surface area contributed by atoms with E-state index >= 15 is 0 Å². The number of rotatable bonds is 7. The Kier molecular flexibility index (Phi) is 5.80. The maximum atomic E-state index is 10.9. The first kappa shape index (κ1) is 20.8. The third kappa shape index (κ3) is 4.35. The molecule has 1 saturated heterocycles. The van der Waals surface area contributed by atoms with E-state index in [4.69, 9.17) is 14.5 Å². The average molecular weight is 437 g/mol. The number of fused-ring (bicyclic) bond motifs is 1. The maximum absolute atomic E-state index is 10.9. The van der Waals surface area contributed by atoms with Crippen LogP contribution < -0.4 is 5.32 Å². The van der Waals surface area contributed by atoms with Crippen LogP contribution >= 0.6 is 7.82 Å². The number of hydrogen-bond donors (Lipinski definition) is 5. The summed E-state index contributed by atoms with van der Waals surface area (Å²) in [4.78, 5) is 30.4. The van der Waals surface area contributed by atoms with Crippen LogP contribution in [0.2, 0.25) is 0 Å². The third-order valence-corrected chi connectivity index (χ3v) is 5.17. The van der Waals surface area contributed by atoms with Gasteiger partial charge >= 0.3 is 7.82 Å². The van der Waals surface area contributed by atoms with E-state index in [2.05, 4.69) is 24.8 Å². The number of nitrogens with zero attached hydrogens (tertiary/aromatic N) is 4. The molecule has 0 unspecified atom stereocenters. The molecule has 1 aliphatic rings. The van der Waals surface area contributed by atoms with Crippen molar-refractivity contribution in [2.45, 2.75) is 31.1 Å². The summed E-state index contributed by atoms with van der Waals surface area (Å²) in [5.41, 5.74) is 1.84. The molecule has 4 atom stereocenters. The molecular weight excluding hydrogens is 417 g/mol. The van der Waals surface area contributed by atoms with Gasteiger partial charge in [-0.2, -0.15) is 0 Å². The van der Waals surface area contributed by atoms with Crippen LogP contribution in [0.3, 0.4) is 0 Å². The van der Waals surface area contributed by atoms with Crippen molar-refractivity contribution in [3.63, 3.8) is 0 Å². The zero-order valence-corrected chi connectivity index (χ0v) is 16.4. The maximum Gasteiger partial charge on any atom is 0.469 e. The zero-order chi connectivity index (χ0) is 21.3. The number of imidazole rings is 1. The van der Waals surface area contributed by atoms with Gasteiger partial charge < -0.3 is 30.1 Å². The van der Waals surface area contributed by atoms with Crippen LogP contribution in [0.15, 0.2) is 43.0 Å². The van der Waals surface area contributed by atoms with Crippen molar-refractivity contribution >= 4 is 24.8 Å². The fourth-order valence-corrected chi connectivity index (χ4v) is 3.56. The lowest BCUT2D eigenvalue weighted by molar-refractivity contribution is -0.0504. The lowest BCUT2D eigenvalue weighted by Gasteiger charge is -2.16. The summed E-state index contributed by atoms with van der Waals surface area (Å²) in [6.07, 6.45) is -2.31. The van der Waals surface area contributed by atoms with Gasteiger partial charge in [-0.15, -0.1) is 0 Å². The minimum Gasteiger partial charge on any atom is -0.387 e. The van der Waals surface area contributed by atoms with Crippen molar-refractivity contribution < 1.29 is 33.8 Å². The Morgan fingerprint density at radius 2 is 1.90 bits per heavy atom. The van der Waals surface area contributed by atoms with Crippen LogP contribution in [-0.2, 0) is 20.4 Å². The molecule has 1 aromatic carbocycles. The van der Waals surface area contributed by atoms with Crippen LogP contribution in [0, 0.1) is 0 Å². The second kappa shape index (κ2) is 8.36. The van der Waals surface area contributed by atoms with Crippen molar-refractivity contribution in [1.82, 2.24) is 19.5 Å². The minimum atomic E-state index is -4.74. The molecule has 0 saturated carbocycles. The first-order chi connectivity index (χ1) is 14.3. The number of anilines is 1. The van der Waals surface area contributed by atoms with Crippen LogP contribution in [-0.4, -0.2) is 64.4 Å². The summed E-state index contributed by atoms with van der Waals surface area (Å²) in [7, 11) is -4.74. The number of phosphoric ester groups is 1. The van der Waals surface area contributed by atoms with Crippen LogP contribution in [0.25, 0.3) is 11.2 Å². The molecular formula is C17H20N5O7P. The number of hydrogen-bond acceptors (Lipinski definition) is 9. The second-order valence-electron chi connectivity index (χ2n) is 6.72. The van der Waals surface area contributed by atoms with Gasteiger partial charge in [-0.1, -0.05) is 30.3 Å². The van der Waals surface area contributed by atoms with E-state index in [1.807, 2.05) is 30.3 Å². The van der Waals surface area contributed by atoms with Crippen molar-refractivity contribution in [2.24, 2.45) is 0 Å².